The Labute approximate surface area is 106 Å². The highest BCUT2D eigenvalue weighted by atomic mass is 32.1. The molecule has 0 fully saturated rings. The predicted molar refractivity (Wildman–Crippen MR) is 69.8 cm³/mol. The molecular weight excluding hydrogens is 250 g/mol. The molecule has 5 nitrogen and oxygen atoms in total. The van der Waals surface area contributed by atoms with Crippen molar-refractivity contribution in [3.8, 4) is 0 Å². The Morgan fingerprint density at radius 2 is 2.28 bits per heavy atom. The fraction of sp³-hybridized carbons (Fsp3) is 0. The van der Waals surface area contributed by atoms with Crippen molar-refractivity contribution in [1.29, 1.82) is 0 Å². The minimum atomic E-state index is -1.01. The van der Waals surface area contributed by atoms with Crippen molar-refractivity contribution in [3.63, 3.8) is 0 Å². The number of carboxylic acids is 1. The van der Waals surface area contributed by atoms with Crippen molar-refractivity contribution in [1.82, 2.24) is 9.38 Å². The molecule has 6 heteroatoms. The summed E-state index contributed by atoms with van der Waals surface area (Å²) in [5.74, 6) is -0.654. The summed E-state index contributed by atoms with van der Waals surface area (Å²) in [5, 5.41) is 16.1. The molecule has 90 valence electrons. The number of aromatic nitrogens is 2. The summed E-state index contributed by atoms with van der Waals surface area (Å²) in [5.41, 5.74) is 1.58. The van der Waals surface area contributed by atoms with Crippen molar-refractivity contribution in [2.75, 3.05) is 5.32 Å². The minimum absolute atomic E-state index is 0.136. The number of rotatable bonds is 3. The monoisotopic (exact) mass is 259 g/mol. The van der Waals surface area contributed by atoms with E-state index < -0.39 is 5.97 Å². The van der Waals surface area contributed by atoms with Gasteiger partial charge in [0.15, 0.2) is 11.5 Å². The fourth-order valence-electron chi connectivity index (χ4n) is 1.76. The number of nitrogens with zero attached hydrogens (tertiary/aromatic N) is 2. The van der Waals surface area contributed by atoms with Crippen LogP contribution in [0.3, 0.4) is 0 Å². The fourth-order valence-corrected chi connectivity index (χ4v) is 2.35. The normalized spacial score (nSPS) is 10.7. The number of pyridine rings is 1. The minimum Gasteiger partial charge on any atom is -0.476 e. The van der Waals surface area contributed by atoms with E-state index in [1.54, 1.807) is 22.7 Å². The van der Waals surface area contributed by atoms with E-state index in [2.05, 4.69) is 10.3 Å². The lowest BCUT2D eigenvalue weighted by Crippen LogP contribution is -2.04. The van der Waals surface area contributed by atoms with Gasteiger partial charge < -0.3 is 10.4 Å². The zero-order valence-corrected chi connectivity index (χ0v) is 10.0. The molecule has 0 aromatic carbocycles. The standard InChI is InChI=1S/C12H9N3O2S/c16-12(17)10-11(13-8-4-6-18-7-8)14-9-3-1-2-5-15(9)10/h1-7,13H,(H,16,17). The molecule has 3 aromatic rings. The van der Waals surface area contributed by atoms with Gasteiger partial charge in [-0.25, -0.2) is 9.78 Å². The lowest BCUT2D eigenvalue weighted by molar-refractivity contribution is 0.0690. The van der Waals surface area contributed by atoms with Crippen molar-refractivity contribution < 1.29 is 9.90 Å². The number of carboxylic acid groups (broad SMARTS) is 1. The zero-order valence-electron chi connectivity index (χ0n) is 9.20. The number of hydrogen-bond donors (Lipinski definition) is 2. The maximum Gasteiger partial charge on any atom is 0.356 e. The number of nitrogens with one attached hydrogen (secondary N) is 1. The first-order chi connectivity index (χ1) is 8.75. The Morgan fingerprint density at radius 1 is 1.39 bits per heavy atom. The van der Waals surface area contributed by atoms with E-state index >= 15 is 0 Å². The number of imidazole rings is 1. The summed E-state index contributed by atoms with van der Waals surface area (Å²) in [4.78, 5) is 15.6. The predicted octanol–water partition coefficient (Wildman–Crippen LogP) is 2.84. The zero-order chi connectivity index (χ0) is 12.5. The van der Waals surface area contributed by atoms with Crippen LogP contribution in [0, 0.1) is 0 Å². The van der Waals surface area contributed by atoms with Crippen LogP contribution in [0.25, 0.3) is 5.65 Å². The van der Waals surface area contributed by atoms with Crippen LogP contribution >= 0.6 is 11.3 Å². The highest BCUT2D eigenvalue weighted by molar-refractivity contribution is 7.08. The molecule has 0 unspecified atom stereocenters. The SMILES string of the molecule is O=C(O)c1c(Nc2ccsc2)nc2ccccn12. The molecular formula is C12H9N3O2S. The first kappa shape index (κ1) is 10.8. The molecule has 0 spiro atoms. The van der Waals surface area contributed by atoms with Gasteiger partial charge in [0.05, 0.1) is 5.69 Å². The molecule has 0 aliphatic rings. The van der Waals surface area contributed by atoms with E-state index in [1.807, 2.05) is 22.9 Å². The second kappa shape index (κ2) is 4.15. The van der Waals surface area contributed by atoms with E-state index in [-0.39, 0.29) is 5.69 Å². The molecule has 0 radical (unpaired) electrons. The smallest absolute Gasteiger partial charge is 0.356 e. The molecule has 0 saturated carbocycles. The third-order valence-corrected chi connectivity index (χ3v) is 3.20. The summed E-state index contributed by atoms with van der Waals surface area (Å²) in [6, 6.07) is 7.24. The Balaban J connectivity index is 2.16. The highest BCUT2D eigenvalue weighted by Crippen LogP contribution is 2.23. The van der Waals surface area contributed by atoms with E-state index in [9.17, 15) is 9.90 Å². The van der Waals surface area contributed by atoms with Gasteiger partial charge in [-0.2, -0.15) is 11.3 Å². The molecule has 3 heterocycles. The number of hydrogen-bond acceptors (Lipinski definition) is 4. The molecule has 3 rings (SSSR count). The van der Waals surface area contributed by atoms with Crippen LogP contribution in [0.4, 0.5) is 11.5 Å². The summed E-state index contributed by atoms with van der Waals surface area (Å²) in [6.45, 7) is 0. The highest BCUT2D eigenvalue weighted by Gasteiger charge is 2.18. The molecule has 18 heavy (non-hydrogen) atoms. The van der Waals surface area contributed by atoms with Crippen molar-refractivity contribution >= 4 is 34.5 Å². The topological polar surface area (TPSA) is 66.6 Å². The van der Waals surface area contributed by atoms with Crippen molar-refractivity contribution in [2.45, 2.75) is 0 Å². The van der Waals surface area contributed by atoms with Gasteiger partial charge in [0.25, 0.3) is 0 Å². The Bertz CT molecular complexity index is 703. The van der Waals surface area contributed by atoms with Crippen molar-refractivity contribution in [3.05, 3.63) is 46.9 Å². The number of aromatic carboxylic acids is 1. The van der Waals surface area contributed by atoms with E-state index in [0.29, 0.717) is 11.5 Å². The van der Waals surface area contributed by atoms with E-state index in [0.717, 1.165) is 5.69 Å². The first-order valence-electron chi connectivity index (χ1n) is 5.25. The van der Waals surface area contributed by atoms with Crippen LogP contribution in [-0.4, -0.2) is 20.5 Å². The van der Waals surface area contributed by atoms with Crippen LogP contribution in [-0.2, 0) is 0 Å². The lowest BCUT2D eigenvalue weighted by atomic mass is 10.4. The van der Waals surface area contributed by atoms with Crippen LogP contribution < -0.4 is 5.32 Å². The maximum absolute atomic E-state index is 11.3. The van der Waals surface area contributed by atoms with Gasteiger partial charge in [0.1, 0.15) is 5.65 Å². The summed E-state index contributed by atoms with van der Waals surface area (Å²) >= 11 is 1.54. The Morgan fingerprint density at radius 3 is 3.00 bits per heavy atom. The Hall–Kier alpha value is -2.34. The Kier molecular flexibility index (Phi) is 2.49. The van der Waals surface area contributed by atoms with Gasteiger partial charge in [0.2, 0.25) is 0 Å². The second-order valence-corrected chi connectivity index (χ2v) is 4.46. The van der Waals surface area contributed by atoms with Gasteiger partial charge in [-0.05, 0) is 23.6 Å². The van der Waals surface area contributed by atoms with Gasteiger partial charge in [0, 0.05) is 11.6 Å². The third-order valence-electron chi connectivity index (χ3n) is 2.52. The number of carbonyl (C=O) groups is 1. The molecule has 2 N–H and O–H groups in total. The molecule has 0 aliphatic carbocycles. The van der Waals surface area contributed by atoms with Gasteiger partial charge in [-0.1, -0.05) is 6.07 Å². The average molecular weight is 259 g/mol. The number of anilines is 2. The summed E-state index contributed by atoms with van der Waals surface area (Å²) < 4.78 is 1.55. The number of thiophene rings is 1. The van der Waals surface area contributed by atoms with Gasteiger partial charge in [-0.15, -0.1) is 0 Å². The molecule has 0 atom stereocenters. The van der Waals surface area contributed by atoms with Gasteiger partial charge >= 0.3 is 5.97 Å². The molecule has 0 amide bonds. The van der Waals surface area contributed by atoms with Crippen LogP contribution in [0.15, 0.2) is 41.2 Å². The van der Waals surface area contributed by atoms with Crippen LogP contribution in [0.5, 0.6) is 0 Å². The summed E-state index contributed by atoms with van der Waals surface area (Å²) in [7, 11) is 0. The molecule has 0 bridgehead atoms. The lowest BCUT2D eigenvalue weighted by Gasteiger charge is -2.01. The van der Waals surface area contributed by atoms with Gasteiger partial charge in [-0.3, -0.25) is 4.40 Å². The molecule has 0 aliphatic heterocycles. The average Bonchev–Trinajstić information content (AvgIpc) is 2.95. The maximum atomic E-state index is 11.3. The van der Waals surface area contributed by atoms with Crippen LogP contribution in [0.2, 0.25) is 0 Å². The first-order valence-corrected chi connectivity index (χ1v) is 6.19. The van der Waals surface area contributed by atoms with Crippen molar-refractivity contribution in [2.24, 2.45) is 0 Å². The van der Waals surface area contributed by atoms with Crippen LogP contribution in [0.1, 0.15) is 10.5 Å². The molecule has 0 saturated heterocycles. The second-order valence-electron chi connectivity index (χ2n) is 3.68. The van der Waals surface area contributed by atoms with E-state index in [1.165, 1.54) is 11.3 Å². The number of fused-ring (bicyclic) bond motifs is 1. The third kappa shape index (κ3) is 1.72. The molecule has 3 aromatic heterocycles. The summed E-state index contributed by atoms with van der Waals surface area (Å²) in [6.07, 6.45) is 1.69. The van der Waals surface area contributed by atoms with E-state index in [4.69, 9.17) is 0 Å². The largest absolute Gasteiger partial charge is 0.476 e. The quantitative estimate of drug-likeness (QED) is 0.759.